The summed E-state index contributed by atoms with van der Waals surface area (Å²) in [5.74, 6) is 0.0131. The van der Waals surface area contributed by atoms with Gasteiger partial charge in [0.25, 0.3) is 0 Å². The molecule has 1 N–H and O–H groups in total. The van der Waals surface area contributed by atoms with Gasteiger partial charge in [-0.2, -0.15) is 0 Å². The first-order valence-electron chi connectivity index (χ1n) is 8.17. The molecule has 1 aliphatic rings. The van der Waals surface area contributed by atoms with E-state index in [2.05, 4.69) is 10.2 Å². The number of nitrogens with zero attached hydrogens (tertiary/aromatic N) is 2. The third kappa shape index (κ3) is 3.81. The molecule has 0 aliphatic carbocycles. The number of rotatable bonds is 5. The maximum absolute atomic E-state index is 13.7. The van der Waals surface area contributed by atoms with Crippen molar-refractivity contribution in [2.24, 2.45) is 0 Å². The van der Waals surface area contributed by atoms with Crippen molar-refractivity contribution in [3.8, 4) is 5.75 Å². The Balaban J connectivity index is 1.64. The molecule has 132 valence electrons. The van der Waals surface area contributed by atoms with E-state index < -0.39 is 4.92 Å². The minimum Gasteiger partial charge on any atom is -0.490 e. The van der Waals surface area contributed by atoms with Crippen LogP contribution in [-0.4, -0.2) is 31.2 Å². The minimum atomic E-state index is -0.451. The summed E-state index contributed by atoms with van der Waals surface area (Å²) in [7, 11) is 1.43. The number of ether oxygens (including phenoxy) is 1. The zero-order valence-electron chi connectivity index (χ0n) is 13.9. The minimum absolute atomic E-state index is 0.0395. The van der Waals surface area contributed by atoms with E-state index in [4.69, 9.17) is 4.74 Å². The molecule has 2 aromatic carbocycles. The Kier molecular flexibility index (Phi) is 5.02. The van der Waals surface area contributed by atoms with E-state index in [0.29, 0.717) is 5.69 Å². The second-order valence-electron chi connectivity index (χ2n) is 6.00. The molecule has 0 aromatic heterocycles. The molecule has 1 fully saturated rings. The summed E-state index contributed by atoms with van der Waals surface area (Å²) in [6.07, 6.45) is 1.71. The van der Waals surface area contributed by atoms with Gasteiger partial charge in [-0.25, -0.2) is 4.39 Å². The van der Waals surface area contributed by atoms with Gasteiger partial charge in [-0.3, -0.25) is 10.1 Å². The molecule has 3 rings (SSSR count). The Labute approximate surface area is 145 Å². The normalized spacial score (nSPS) is 15.0. The summed E-state index contributed by atoms with van der Waals surface area (Å²) in [6, 6.07) is 11.8. The predicted molar refractivity (Wildman–Crippen MR) is 94.9 cm³/mol. The molecule has 7 heteroatoms. The van der Waals surface area contributed by atoms with Crippen molar-refractivity contribution in [1.82, 2.24) is 0 Å². The second kappa shape index (κ2) is 7.38. The van der Waals surface area contributed by atoms with E-state index in [1.807, 2.05) is 6.07 Å². The fourth-order valence-electron chi connectivity index (χ4n) is 3.09. The smallest absolute Gasteiger partial charge is 0.311 e. The molecule has 0 amide bonds. The van der Waals surface area contributed by atoms with Crippen LogP contribution in [0.3, 0.4) is 0 Å². The summed E-state index contributed by atoms with van der Waals surface area (Å²) in [6.45, 7) is 1.57. The van der Waals surface area contributed by atoms with Crippen LogP contribution in [0.1, 0.15) is 12.8 Å². The van der Waals surface area contributed by atoms with Gasteiger partial charge in [-0.15, -0.1) is 0 Å². The highest BCUT2D eigenvalue weighted by Crippen LogP contribution is 2.32. The van der Waals surface area contributed by atoms with E-state index in [1.165, 1.54) is 19.2 Å². The quantitative estimate of drug-likeness (QED) is 0.659. The van der Waals surface area contributed by atoms with Gasteiger partial charge in [0, 0.05) is 37.0 Å². The maximum atomic E-state index is 13.7. The fourth-order valence-corrected chi connectivity index (χ4v) is 3.09. The Morgan fingerprint density at radius 2 is 1.96 bits per heavy atom. The molecule has 0 saturated carbocycles. The van der Waals surface area contributed by atoms with E-state index in [1.54, 1.807) is 24.3 Å². The number of methoxy groups -OCH3 is 1. The monoisotopic (exact) mass is 345 g/mol. The molecule has 25 heavy (non-hydrogen) atoms. The number of hydrogen-bond donors (Lipinski definition) is 1. The second-order valence-corrected chi connectivity index (χ2v) is 6.00. The van der Waals surface area contributed by atoms with Crippen molar-refractivity contribution in [1.29, 1.82) is 0 Å². The molecule has 2 aromatic rings. The van der Waals surface area contributed by atoms with Crippen LogP contribution in [0.15, 0.2) is 42.5 Å². The number of hydrogen-bond acceptors (Lipinski definition) is 5. The average molecular weight is 345 g/mol. The van der Waals surface area contributed by atoms with Crippen LogP contribution in [0, 0.1) is 15.9 Å². The maximum Gasteiger partial charge on any atom is 0.311 e. The number of nitro groups is 1. The molecule has 6 nitrogen and oxygen atoms in total. The van der Waals surface area contributed by atoms with Gasteiger partial charge in [0.2, 0.25) is 0 Å². The summed E-state index contributed by atoms with van der Waals surface area (Å²) in [4.78, 5) is 12.7. The molecule has 0 unspecified atom stereocenters. The van der Waals surface area contributed by atoms with Gasteiger partial charge in [0.1, 0.15) is 5.82 Å². The summed E-state index contributed by atoms with van der Waals surface area (Å²) in [5.41, 5.74) is 1.38. The molecular weight excluding hydrogens is 325 g/mol. The van der Waals surface area contributed by atoms with Gasteiger partial charge in [0.05, 0.1) is 17.7 Å². The zero-order valence-corrected chi connectivity index (χ0v) is 13.9. The molecule has 1 heterocycles. The first kappa shape index (κ1) is 17.0. The van der Waals surface area contributed by atoms with Gasteiger partial charge in [-0.1, -0.05) is 12.1 Å². The molecule has 1 saturated heterocycles. The number of halogens is 1. The van der Waals surface area contributed by atoms with Crippen molar-refractivity contribution < 1.29 is 14.1 Å². The van der Waals surface area contributed by atoms with Crippen LogP contribution in [0.2, 0.25) is 0 Å². The van der Waals surface area contributed by atoms with E-state index in [9.17, 15) is 14.5 Å². The topological polar surface area (TPSA) is 67.6 Å². The predicted octanol–water partition coefficient (Wildman–Crippen LogP) is 3.82. The SMILES string of the molecule is COc1cc(N2CCC(Nc3ccccc3F)CC2)ccc1[N+](=O)[O-]. The first-order chi connectivity index (χ1) is 12.1. The lowest BCUT2D eigenvalue weighted by Gasteiger charge is -2.34. The number of anilines is 2. The molecule has 0 radical (unpaired) electrons. The van der Waals surface area contributed by atoms with Crippen LogP contribution >= 0.6 is 0 Å². The zero-order chi connectivity index (χ0) is 17.8. The lowest BCUT2D eigenvalue weighted by molar-refractivity contribution is -0.385. The van der Waals surface area contributed by atoms with E-state index >= 15 is 0 Å². The van der Waals surface area contributed by atoms with Crippen molar-refractivity contribution in [3.63, 3.8) is 0 Å². The Bertz CT molecular complexity index is 761. The number of nitrogens with one attached hydrogen (secondary N) is 1. The third-order valence-corrected chi connectivity index (χ3v) is 4.45. The number of nitro benzene ring substituents is 1. The van der Waals surface area contributed by atoms with Gasteiger partial charge < -0.3 is 15.0 Å². The lowest BCUT2D eigenvalue weighted by atomic mass is 10.0. The van der Waals surface area contributed by atoms with Crippen LogP contribution in [0.5, 0.6) is 5.75 Å². The molecule has 0 spiro atoms. The third-order valence-electron chi connectivity index (χ3n) is 4.45. The summed E-state index contributed by atoms with van der Waals surface area (Å²) >= 11 is 0. The molecule has 0 bridgehead atoms. The largest absolute Gasteiger partial charge is 0.490 e. The standard InChI is InChI=1S/C18H20FN3O3/c1-25-18-12-14(6-7-17(18)22(23)24)21-10-8-13(9-11-21)20-16-5-3-2-4-15(16)19/h2-7,12-13,20H,8-11H2,1H3. The number of benzene rings is 2. The van der Waals surface area contributed by atoms with E-state index in [0.717, 1.165) is 31.6 Å². The highest BCUT2D eigenvalue weighted by atomic mass is 19.1. The van der Waals surface area contributed by atoms with Gasteiger partial charge in [0.15, 0.2) is 5.75 Å². The van der Waals surface area contributed by atoms with Crippen LogP contribution < -0.4 is 15.0 Å². The van der Waals surface area contributed by atoms with E-state index in [-0.39, 0.29) is 23.3 Å². The number of piperidine rings is 1. The van der Waals surface area contributed by atoms with Gasteiger partial charge >= 0.3 is 5.69 Å². The molecular formula is C18H20FN3O3. The Morgan fingerprint density at radius 3 is 2.60 bits per heavy atom. The highest BCUT2D eigenvalue weighted by molar-refractivity contribution is 5.59. The van der Waals surface area contributed by atoms with Crippen molar-refractivity contribution in [3.05, 3.63) is 58.4 Å². The van der Waals surface area contributed by atoms with Gasteiger partial charge in [-0.05, 0) is 31.0 Å². The van der Waals surface area contributed by atoms with Crippen LogP contribution in [-0.2, 0) is 0 Å². The Morgan fingerprint density at radius 1 is 1.24 bits per heavy atom. The molecule has 1 aliphatic heterocycles. The van der Waals surface area contributed by atoms with Crippen molar-refractivity contribution >= 4 is 17.1 Å². The highest BCUT2D eigenvalue weighted by Gasteiger charge is 2.22. The van der Waals surface area contributed by atoms with Crippen LogP contribution in [0.4, 0.5) is 21.5 Å². The summed E-state index contributed by atoms with van der Waals surface area (Å²) in [5, 5.41) is 14.2. The van der Waals surface area contributed by atoms with Crippen molar-refractivity contribution in [2.45, 2.75) is 18.9 Å². The average Bonchev–Trinajstić information content (AvgIpc) is 2.63. The Hall–Kier alpha value is -2.83. The lowest BCUT2D eigenvalue weighted by Crippen LogP contribution is -2.39. The first-order valence-corrected chi connectivity index (χ1v) is 8.17. The molecule has 0 atom stereocenters. The van der Waals surface area contributed by atoms with Crippen LogP contribution in [0.25, 0.3) is 0 Å². The van der Waals surface area contributed by atoms with Crippen molar-refractivity contribution in [2.75, 3.05) is 30.4 Å². The number of para-hydroxylation sites is 1. The fraction of sp³-hybridized carbons (Fsp3) is 0.333. The summed E-state index contributed by atoms with van der Waals surface area (Å²) < 4.78 is 18.9.